The van der Waals surface area contributed by atoms with E-state index in [1.54, 1.807) is 28.6 Å². The zero-order valence-electron chi connectivity index (χ0n) is 14.2. The molecule has 0 atom stereocenters. The Balaban J connectivity index is 1.39. The number of rotatable bonds is 5. The molecule has 5 nitrogen and oxygen atoms in total. The fourth-order valence-corrected chi connectivity index (χ4v) is 5.85. The summed E-state index contributed by atoms with van der Waals surface area (Å²) in [6, 6.07) is 9.22. The zero-order valence-corrected chi connectivity index (χ0v) is 15.9. The molecule has 25 heavy (non-hydrogen) atoms. The monoisotopic (exact) mass is 378 g/mol. The molecule has 0 aliphatic carbocycles. The van der Waals surface area contributed by atoms with Gasteiger partial charge in [-0.05, 0) is 54.6 Å². The van der Waals surface area contributed by atoms with Crippen LogP contribution in [0.15, 0.2) is 40.6 Å². The second-order valence-corrected chi connectivity index (χ2v) is 9.41. The lowest BCUT2D eigenvalue weighted by atomic mass is 10.0. The van der Waals surface area contributed by atoms with Gasteiger partial charge in [-0.2, -0.15) is 4.31 Å². The molecular weight excluding hydrogens is 356 g/mol. The van der Waals surface area contributed by atoms with E-state index in [0.29, 0.717) is 36.4 Å². The molecule has 2 aliphatic rings. The maximum absolute atomic E-state index is 12.7. The topological polar surface area (TPSA) is 49.9 Å². The van der Waals surface area contributed by atoms with Crippen LogP contribution in [0.2, 0.25) is 0 Å². The van der Waals surface area contributed by atoms with Crippen molar-refractivity contribution < 1.29 is 13.2 Å². The quantitative estimate of drug-likeness (QED) is 0.802. The van der Waals surface area contributed by atoms with Gasteiger partial charge in [0.25, 0.3) is 0 Å². The molecule has 1 saturated heterocycles. The van der Waals surface area contributed by atoms with Crippen molar-refractivity contribution in [1.29, 1.82) is 0 Å². The number of hydrogen-bond donors (Lipinski definition) is 0. The minimum atomic E-state index is -3.40. The summed E-state index contributed by atoms with van der Waals surface area (Å²) in [5.41, 5.74) is 1.41. The molecule has 1 aromatic heterocycles. The fraction of sp³-hybridized carbons (Fsp3) is 0.444. The predicted molar refractivity (Wildman–Crippen MR) is 98.6 cm³/mol. The molecule has 2 aliphatic heterocycles. The second-order valence-electron chi connectivity index (χ2n) is 6.47. The van der Waals surface area contributed by atoms with Crippen LogP contribution in [0, 0.1) is 0 Å². The van der Waals surface area contributed by atoms with Gasteiger partial charge in [0.2, 0.25) is 10.0 Å². The van der Waals surface area contributed by atoms with Crippen molar-refractivity contribution in [3.05, 3.63) is 46.2 Å². The first kappa shape index (κ1) is 17.0. The van der Waals surface area contributed by atoms with Crippen molar-refractivity contribution in [2.45, 2.75) is 30.8 Å². The number of thiophene rings is 1. The number of hydrogen-bond acceptors (Lipinski definition) is 5. The van der Waals surface area contributed by atoms with Crippen molar-refractivity contribution in [1.82, 2.24) is 9.21 Å². The van der Waals surface area contributed by atoms with E-state index in [4.69, 9.17) is 4.74 Å². The lowest BCUT2D eigenvalue weighted by Gasteiger charge is -2.45. The average Bonchev–Trinajstić information content (AvgIpc) is 3.02. The van der Waals surface area contributed by atoms with Gasteiger partial charge in [0.1, 0.15) is 5.75 Å². The Morgan fingerprint density at radius 1 is 1.20 bits per heavy atom. The molecule has 7 heteroatoms. The highest BCUT2D eigenvalue weighted by Gasteiger charge is 2.40. The van der Waals surface area contributed by atoms with Gasteiger partial charge < -0.3 is 4.74 Å². The summed E-state index contributed by atoms with van der Waals surface area (Å²) in [5.74, 6) is 0.697. The molecule has 0 N–H and O–H groups in total. The van der Waals surface area contributed by atoms with E-state index in [1.165, 1.54) is 10.4 Å². The Bertz CT molecular complexity index is 839. The normalized spacial score (nSPS) is 19.4. The maximum Gasteiger partial charge on any atom is 0.243 e. The van der Waals surface area contributed by atoms with Crippen LogP contribution in [0.4, 0.5) is 0 Å². The van der Waals surface area contributed by atoms with E-state index in [9.17, 15) is 8.42 Å². The first-order valence-corrected chi connectivity index (χ1v) is 10.9. The van der Waals surface area contributed by atoms with Gasteiger partial charge in [0.05, 0.1) is 11.5 Å². The van der Waals surface area contributed by atoms with Crippen molar-refractivity contribution in [3.63, 3.8) is 0 Å². The second kappa shape index (κ2) is 6.72. The van der Waals surface area contributed by atoms with Crippen LogP contribution in [-0.2, 0) is 23.0 Å². The van der Waals surface area contributed by atoms with Gasteiger partial charge in [0.15, 0.2) is 0 Å². The van der Waals surface area contributed by atoms with E-state index in [1.807, 2.05) is 18.3 Å². The van der Waals surface area contributed by atoms with Crippen molar-refractivity contribution >= 4 is 21.4 Å². The molecule has 134 valence electrons. The van der Waals surface area contributed by atoms with Crippen LogP contribution in [0.3, 0.4) is 0 Å². The van der Waals surface area contributed by atoms with Crippen LogP contribution in [0.25, 0.3) is 0 Å². The minimum absolute atomic E-state index is 0.325. The van der Waals surface area contributed by atoms with Crippen LogP contribution >= 0.6 is 11.3 Å². The Morgan fingerprint density at radius 2 is 1.96 bits per heavy atom. The lowest BCUT2D eigenvalue weighted by Crippen LogP contribution is -2.61. The molecule has 1 fully saturated rings. The molecule has 4 rings (SSSR count). The van der Waals surface area contributed by atoms with E-state index in [2.05, 4.69) is 16.3 Å². The van der Waals surface area contributed by atoms with Crippen LogP contribution in [0.1, 0.15) is 17.4 Å². The highest BCUT2D eigenvalue weighted by Crippen LogP contribution is 2.30. The first-order chi connectivity index (χ1) is 12.1. The summed E-state index contributed by atoms with van der Waals surface area (Å²) in [4.78, 5) is 4.24. The third-order valence-electron chi connectivity index (χ3n) is 4.95. The average molecular weight is 379 g/mol. The number of fused-ring (bicyclic) bond motifs is 1. The number of nitrogens with zero attached hydrogens (tertiary/aromatic N) is 2. The van der Waals surface area contributed by atoms with Gasteiger partial charge in [-0.1, -0.05) is 0 Å². The van der Waals surface area contributed by atoms with Gasteiger partial charge in [-0.3, -0.25) is 4.90 Å². The van der Waals surface area contributed by atoms with Gasteiger partial charge in [-0.15, -0.1) is 11.3 Å². The molecule has 0 saturated carbocycles. The summed E-state index contributed by atoms with van der Waals surface area (Å²) in [5, 5.41) is 2.15. The van der Waals surface area contributed by atoms with Crippen molar-refractivity contribution in [2.24, 2.45) is 0 Å². The lowest BCUT2D eigenvalue weighted by molar-refractivity contribution is 0.0775. The van der Waals surface area contributed by atoms with E-state index in [0.717, 1.165) is 19.5 Å². The molecular formula is C18H22N2O3S2. The molecule has 0 amide bonds. The third-order valence-corrected chi connectivity index (χ3v) is 7.82. The smallest absolute Gasteiger partial charge is 0.243 e. The molecule has 0 radical (unpaired) electrons. The first-order valence-electron chi connectivity index (χ1n) is 8.60. The summed E-state index contributed by atoms with van der Waals surface area (Å²) < 4.78 is 32.4. The SMILES string of the molecule is CCOc1ccc(S(=O)(=O)N2CC(N3CCc4sccc4C3)C2)cc1. The maximum atomic E-state index is 12.7. The Morgan fingerprint density at radius 3 is 2.68 bits per heavy atom. The number of ether oxygens (including phenoxy) is 1. The molecule has 0 spiro atoms. The van der Waals surface area contributed by atoms with Crippen LogP contribution in [0.5, 0.6) is 5.75 Å². The fourth-order valence-electron chi connectivity index (χ4n) is 3.45. The molecule has 1 aromatic carbocycles. The highest BCUT2D eigenvalue weighted by molar-refractivity contribution is 7.89. The van der Waals surface area contributed by atoms with Crippen molar-refractivity contribution in [2.75, 3.05) is 26.2 Å². The Labute approximate surface area is 152 Å². The van der Waals surface area contributed by atoms with Gasteiger partial charge >= 0.3 is 0 Å². The molecule has 3 heterocycles. The van der Waals surface area contributed by atoms with E-state index < -0.39 is 10.0 Å². The molecule has 0 unspecified atom stereocenters. The van der Waals surface area contributed by atoms with Gasteiger partial charge in [0, 0.05) is 37.1 Å². The largest absolute Gasteiger partial charge is 0.494 e. The van der Waals surface area contributed by atoms with Crippen molar-refractivity contribution in [3.8, 4) is 5.75 Å². The number of sulfonamides is 1. The van der Waals surface area contributed by atoms with E-state index >= 15 is 0 Å². The summed E-state index contributed by atoms with van der Waals surface area (Å²) in [6.45, 7) is 5.60. The third kappa shape index (κ3) is 3.21. The van der Waals surface area contributed by atoms with E-state index in [-0.39, 0.29) is 0 Å². The molecule has 0 bridgehead atoms. The Kier molecular flexibility index (Phi) is 4.58. The minimum Gasteiger partial charge on any atom is -0.494 e. The number of benzene rings is 1. The Hall–Kier alpha value is -1.41. The highest BCUT2D eigenvalue weighted by atomic mass is 32.2. The molecule has 2 aromatic rings. The summed E-state index contributed by atoms with van der Waals surface area (Å²) in [6.07, 6.45) is 1.08. The standard InChI is InChI=1S/C18H22N2O3S2/c1-2-23-16-3-5-17(6-4-16)25(21,22)20-12-15(13-20)19-9-7-18-14(11-19)8-10-24-18/h3-6,8,10,15H,2,7,9,11-13H2,1H3. The predicted octanol–water partition coefficient (Wildman–Crippen LogP) is 2.58. The zero-order chi connectivity index (χ0) is 17.4. The summed E-state index contributed by atoms with van der Waals surface area (Å²) in [7, 11) is -3.40. The van der Waals surface area contributed by atoms with Crippen LogP contribution < -0.4 is 4.74 Å². The summed E-state index contributed by atoms with van der Waals surface area (Å²) >= 11 is 1.83. The van der Waals surface area contributed by atoms with Gasteiger partial charge in [-0.25, -0.2) is 8.42 Å². The van der Waals surface area contributed by atoms with Crippen LogP contribution in [-0.4, -0.2) is 49.9 Å².